The Balaban J connectivity index is 1.70. The fraction of sp³-hybridized carbons (Fsp3) is 0.412. The van der Waals surface area contributed by atoms with Crippen molar-refractivity contribution in [3.8, 4) is 6.07 Å². The van der Waals surface area contributed by atoms with E-state index in [2.05, 4.69) is 16.4 Å². The zero-order chi connectivity index (χ0) is 13.5. The maximum atomic E-state index is 9.33. The van der Waals surface area contributed by atoms with Gasteiger partial charge in [-0.25, -0.2) is 4.98 Å². The van der Waals surface area contributed by atoms with E-state index in [1.165, 1.54) is 25.7 Å². The predicted octanol–water partition coefficient (Wildman–Crippen LogP) is 3.71. The standard InChI is InChI=1S/C17H17N3/c18-10-13-9-16(19-15-4-2-1-3-14(13)15)20-17(11-5-6-11)12-7-8-12/h1-4,9,11-12,17H,5-8H2,(H,19,20). The predicted molar refractivity (Wildman–Crippen MR) is 79.3 cm³/mol. The Labute approximate surface area is 118 Å². The Bertz CT molecular complexity index is 681. The van der Waals surface area contributed by atoms with E-state index in [1.807, 2.05) is 30.3 Å². The third-order valence-electron chi connectivity index (χ3n) is 4.41. The van der Waals surface area contributed by atoms with Crippen molar-refractivity contribution in [2.75, 3.05) is 5.32 Å². The molecule has 2 aliphatic rings. The van der Waals surface area contributed by atoms with Crippen LogP contribution < -0.4 is 5.32 Å². The van der Waals surface area contributed by atoms with Gasteiger partial charge in [0.15, 0.2) is 0 Å². The number of aromatic nitrogens is 1. The van der Waals surface area contributed by atoms with Crippen LogP contribution in [0, 0.1) is 23.2 Å². The number of hydrogen-bond donors (Lipinski definition) is 1. The van der Waals surface area contributed by atoms with Gasteiger partial charge in [-0.15, -0.1) is 0 Å². The average Bonchev–Trinajstić information content (AvgIpc) is 3.37. The Morgan fingerprint density at radius 1 is 1.15 bits per heavy atom. The molecule has 4 rings (SSSR count). The van der Waals surface area contributed by atoms with Gasteiger partial charge in [-0.2, -0.15) is 5.26 Å². The molecule has 3 nitrogen and oxygen atoms in total. The van der Waals surface area contributed by atoms with Gasteiger partial charge in [0.25, 0.3) is 0 Å². The minimum atomic E-state index is 0.565. The summed E-state index contributed by atoms with van der Waals surface area (Å²) in [6.07, 6.45) is 5.36. The minimum absolute atomic E-state index is 0.565. The monoisotopic (exact) mass is 263 g/mol. The maximum absolute atomic E-state index is 9.33. The zero-order valence-electron chi connectivity index (χ0n) is 11.3. The zero-order valence-corrected chi connectivity index (χ0v) is 11.3. The van der Waals surface area contributed by atoms with Crippen LogP contribution in [0.1, 0.15) is 31.2 Å². The van der Waals surface area contributed by atoms with Crippen molar-refractivity contribution < 1.29 is 0 Å². The number of nitriles is 1. The summed E-state index contributed by atoms with van der Waals surface area (Å²) in [6, 6.07) is 12.6. The van der Waals surface area contributed by atoms with Crippen molar-refractivity contribution in [2.24, 2.45) is 11.8 Å². The van der Waals surface area contributed by atoms with Crippen molar-refractivity contribution >= 4 is 16.7 Å². The normalized spacial score (nSPS) is 18.2. The molecule has 0 unspecified atom stereocenters. The highest BCUT2D eigenvalue weighted by Gasteiger charge is 2.41. The van der Waals surface area contributed by atoms with Crippen molar-refractivity contribution in [2.45, 2.75) is 31.7 Å². The van der Waals surface area contributed by atoms with Gasteiger partial charge in [0.05, 0.1) is 17.1 Å². The second kappa shape index (κ2) is 4.49. The third kappa shape index (κ3) is 2.12. The largest absolute Gasteiger partial charge is 0.367 e. The van der Waals surface area contributed by atoms with Crippen molar-refractivity contribution in [3.63, 3.8) is 0 Å². The van der Waals surface area contributed by atoms with Gasteiger partial charge in [0, 0.05) is 11.4 Å². The lowest BCUT2D eigenvalue weighted by Crippen LogP contribution is -2.24. The maximum Gasteiger partial charge on any atom is 0.128 e. The van der Waals surface area contributed by atoms with E-state index in [0.717, 1.165) is 28.6 Å². The van der Waals surface area contributed by atoms with Gasteiger partial charge in [-0.05, 0) is 49.7 Å². The van der Waals surface area contributed by atoms with E-state index in [4.69, 9.17) is 0 Å². The molecule has 1 aromatic carbocycles. The Hall–Kier alpha value is -2.08. The Kier molecular flexibility index (Phi) is 2.63. The van der Waals surface area contributed by atoms with E-state index in [9.17, 15) is 5.26 Å². The van der Waals surface area contributed by atoms with E-state index in [1.54, 1.807) is 0 Å². The third-order valence-corrected chi connectivity index (χ3v) is 4.41. The van der Waals surface area contributed by atoms with Crippen LogP contribution in [0.3, 0.4) is 0 Å². The number of pyridine rings is 1. The van der Waals surface area contributed by atoms with Gasteiger partial charge in [0.2, 0.25) is 0 Å². The van der Waals surface area contributed by atoms with Crippen molar-refractivity contribution in [1.82, 2.24) is 4.98 Å². The van der Waals surface area contributed by atoms with Gasteiger partial charge >= 0.3 is 0 Å². The summed E-state index contributed by atoms with van der Waals surface area (Å²) in [5.74, 6) is 2.51. The van der Waals surface area contributed by atoms with Crippen LogP contribution >= 0.6 is 0 Å². The molecular formula is C17H17N3. The van der Waals surface area contributed by atoms with E-state index < -0.39 is 0 Å². The summed E-state index contributed by atoms with van der Waals surface area (Å²) >= 11 is 0. The molecule has 1 N–H and O–H groups in total. The van der Waals surface area contributed by atoms with Gasteiger partial charge in [-0.3, -0.25) is 0 Å². The second-order valence-electron chi connectivity index (χ2n) is 6.03. The molecular weight excluding hydrogens is 246 g/mol. The number of benzene rings is 1. The van der Waals surface area contributed by atoms with Crippen LogP contribution in [-0.2, 0) is 0 Å². The summed E-state index contributed by atoms with van der Waals surface area (Å²) in [4.78, 5) is 4.68. The molecule has 2 fully saturated rings. The second-order valence-corrected chi connectivity index (χ2v) is 6.03. The topological polar surface area (TPSA) is 48.7 Å². The molecule has 2 saturated carbocycles. The van der Waals surface area contributed by atoms with Crippen LogP contribution in [0.4, 0.5) is 5.82 Å². The SMILES string of the molecule is N#Cc1cc(NC(C2CC2)C2CC2)nc2ccccc12. The van der Waals surface area contributed by atoms with Crippen LogP contribution in [-0.4, -0.2) is 11.0 Å². The summed E-state index contributed by atoms with van der Waals surface area (Å²) in [6.45, 7) is 0. The lowest BCUT2D eigenvalue weighted by Gasteiger charge is -2.18. The number of nitrogens with one attached hydrogen (secondary N) is 1. The molecule has 100 valence electrons. The molecule has 0 atom stereocenters. The summed E-state index contributed by atoms with van der Waals surface area (Å²) in [7, 11) is 0. The highest BCUT2D eigenvalue weighted by molar-refractivity contribution is 5.86. The van der Waals surface area contributed by atoms with Crippen LogP contribution in [0.2, 0.25) is 0 Å². The number of para-hydroxylation sites is 1. The molecule has 3 heteroatoms. The number of fused-ring (bicyclic) bond motifs is 1. The first-order valence-corrected chi connectivity index (χ1v) is 7.41. The number of anilines is 1. The molecule has 0 bridgehead atoms. The molecule has 0 spiro atoms. The van der Waals surface area contributed by atoms with Gasteiger partial charge < -0.3 is 5.32 Å². The van der Waals surface area contributed by atoms with E-state index >= 15 is 0 Å². The summed E-state index contributed by atoms with van der Waals surface area (Å²) < 4.78 is 0. The van der Waals surface area contributed by atoms with Gasteiger partial charge in [0.1, 0.15) is 5.82 Å². The summed E-state index contributed by atoms with van der Waals surface area (Å²) in [5, 5.41) is 13.9. The molecule has 0 amide bonds. The molecule has 2 aromatic rings. The fourth-order valence-corrected chi connectivity index (χ4v) is 3.04. The lowest BCUT2D eigenvalue weighted by atomic mass is 10.1. The van der Waals surface area contributed by atoms with Crippen LogP contribution in [0.15, 0.2) is 30.3 Å². The highest BCUT2D eigenvalue weighted by Crippen LogP contribution is 2.45. The number of nitrogens with zero attached hydrogens (tertiary/aromatic N) is 2. The van der Waals surface area contributed by atoms with Gasteiger partial charge in [-0.1, -0.05) is 18.2 Å². The van der Waals surface area contributed by atoms with E-state index in [0.29, 0.717) is 11.6 Å². The fourth-order valence-electron chi connectivity index (χ4n) is 3.04. The van der Waals surface area contributed by atoms with E-state index in [-0.39, 0.29) is 0 Å². The van der Waals surface area contributed by atoms with Crippen LogP contribution in [0.25, 0.3) is 10.9 Å². The van der Waals surface area contributed by atoms with Crippen molar-refractivity contribution in [1.29, 1.82) is 5.26 Å². The van der Waals surface area contributed by atoms with Crippen molar-refractivity contribution in [3.05, 3.63) is 35.9 Å². The molecule has 2 aliphatic carbocycles. The summed E-state index contributed by atoms with van der Waals surface area (Å²) in [5.41, 5.74) is 1.61. The Morgan fingerprint density at radius 2 is 1.85 bits per heavy atom. The number of hydrogen-bond acceptors (Lipinski definition) is 3. The first-order valence-electron chi connectivity index (χ1n) is 7.41. The lowest BCUT2D eigenvalue weighted by molar-refractivity contribution is 0.566. The van der Waals surface area contributed by atoms with Crippen LogP contribution in [0.5, 0.6) is 0 Å². The molecule has 0 aliphatic heterocycles. The number of rotatable bonds is 4. The first kappa shape index (κ1) is 11.7. The quantitative estimate of drug-likeness (QED) is 0.914. The molecule has 1 aromatic heterocycles. The minimum Gasteiger partial charge on any atom is -0.367 e. The molecule has 20 heavy (non-hydrogen) atoms. The molecule has 0 radical (unpaired) electrons. The highest BCUT2D eigenvalue weighted by atomic mass is 15.0. The molecule has 0 saturated heterocycles. The smallest absolute Gasteiger partial charge is 0.128 e. The first-order chi connectivity index (χ1) is 9.85. The average molecular weight is 263 g/mol. The Morgan fingerprint density at radius 3 is 2.50 bits per heavy atom. The molecule has 1 heterocycles.